The summed E-state index contributed by atoms with van der Waals surface area (Å²) >= 11 is 0. The maximum absolute atomic E-state index is 13.3. The Morgan fingerprint density at radius 3 is 2.16 bits per heavy atom. The number of nitrogens with one attached hydrogen (secondary N) is 1. The van der Waals surface area contributed by atoms with E-state index in [1.54, 1.807) is 0 Å². The van der Waals surface area contributed by atoms with Crippen molar-refractivity contribution in [3.8, 4) is 0 Å². The van der Waals surface area contributed by atoms with Gasteiger partial charge < -0.3 is 16.4 Å². The van der Waals surface area contributed by atoms with Crippen LogP contribution in [-0.4, -0.2) is 89.1 Å². The fourth-order valence-corrected chi connectivity index (χ4v) is 7.53. The number of nitrogens with zero attached hydrogens (tertiary/aromatic N) is 3. The molecule has 3 aliphatic heterocycles. The standard InChI is InChI=1S/C24H36N6O7S/c1-3-4-11-28-18(31)16(17(25)26)19(32)30(22(28)35)15-5-7-23(2,8-6-15)14-29-21(34)27-20(33)24(29)9-12-38(36,37)13-10-24/h15H,3-14,25-26H2,1-2H3,(H,27,33,34). The Morgan fingerprint density at radius 2 is 1.61 bits per heavy atom. The zero-order valence-electron chi connectivity index (χ0n) is 21.8. The van der Waals surface area contributed by atoms with E-state index < -0.39 is 68.0 Å². The normalized spacial score (nSPS) is 29.3. The van der Waals surface area contributed by atoms with Crippen molar-refractivity contribution in [2.75, 3.05) is 24.6 Å². The van der Waals surface area contributed by atoms with Crippen molar-refractivity contribution in [2.24, 2.45) is 16.9 Å². The Kier molecular flexibility index (Phi) is 7.23. The number of hydrogen-bond donors (Lipinski definition) is 3. The topological polar surface area (TPSA) is 193 Å². The minimum Gasteiger partial charge on any atom is -0.385 e. The molecule has 5 N–H and O–H groups in total. The molecule has 1 saturated carbocycles. The summed E-state index contributed by atoms with van der Waals surface area (Å²) in [6.45, 7) is 4.28. The Labute approximate surface area is 221 Å². The van der Waals surface area contributed by atoms with Gasteiger partial charge in [0.05, 0.1) is 11.5 Å². The average molecular weight is 553 g/mol. The molecular weight excluding hydrogens is 516 g/mol. The van der Waals surface area contributed by atoms with E-state index in [-0.39, 0.29) is 37.4 Å². The van der Waals surface area contributed by atoms with Crippen molar-refractivity contribution >= 4 is 39.6 Å². The molecule has 0 atom stereocenters. The Balaban J connectivity index is 1.50. The van der Waals surface area contributed by atoms with Gasteiger partial charge in [-0.1, -0.05) is 20.3 Å². The number of amides is 7. The monoisotopic (exact) mass is 552 g/mol. The quantitative estimate of drug-likeness (QED) is 0.234. The van der Waals surface area contributed by atoms with Crippen LogP contribution in [0, 0.1) is 5.41 Å². The van der Waals surface area contributed by atoms with E-state index in [2.05, 4.69) is 5.32 Å². The van der Waals surface area contributed by atoms with Crippen LogP contribution in [0.4, 0.5) is 9.59 Å². The highest BCUT2D eigenvalue weighted by Gasteiger charge is 2.57. The van der Waals surface area contributed by atoms with Gasteiger partial charge in [0.25, 0.3) is 17.7 Å². The first kappa shape index (κ1) is 27.9. The van der Waals surface area contributed by atoms with Crippen LogP contribution in [0.3, 0.4) is 0 Å². The third-order valence-electron chi connectivity index (χ3n) is 8.48. The van der Waals surface area contributed by atoms with Crippen molar-refractivity contribution in [3.63, 3.8) is 0 Å². The van der Waals surface area contributed by atoms with Crippen molar-refractivity contribution < 1.29 is 32.4 Å². The number of rotatable bonds is 6. The van der Waals surface area contributed by atoms with Crippen molar-refractivity contribution in [1.29, 1.82) is 0 Å². The fourth-order valence-electron chi connectivity index (χ4n) is 6.02. The van der Waals surface area contributed by atoms with Crippen LogP contribution in [-0.2, 0) is 24.2 Å². The molecule has 0 aromatic rings. The predicted octanol–water partition coefficient (Wildman–Crippen LogP) is 0.154. The summed E-state index contributed by atoms with van der Waals surface area (Å²) in [6.07, 6.45) is 3.32. The van der Waals surface area contributed by atoms with Crippen LogP contribution in [0.1, 0.15) is 65.2 Å². The van der Waals surface area contributed by atoms with E-state index >= 15 is 0 Å². The van der Waals surface area contributed by atoms with Gasteiger partial charge in [-0.15, -0.1) is 0 Å². The van der Waals surface area contributed by atoms with Crippen LogP contribution in [0.5, 0.6) is 0 Å². The Bertz CT molecular complexity index is 1190. The minimum atomic E-state index is -3.25. The second-order valence-corrected chi connectivity index (χ2v) is 13.5. The van der Waals surface area contributed by atoms with Crippen LogP contribution >= 0.6 is 0 Å². The van der Waals surface area contributed by atoms with Gasteiger partial charge in [-0.3, -0.25) is 29.5 Å². The van der Waals surface area contributed by atoms with Crippen LogP contribution in [0.15, 0.2) is 11.4 Å². The van der Waals surface area contributed by atoms with Gasteiger partial charge in [0.1, 0.15) is 16.9 Å². The van der Waals surface area contributed by atoms with Crippen molar-refractivity contribution in [1.82, 2.24) is 20.0 Å². The molecule has 7 amide bonds. The molecule has 0 aromatic carbocycles. The van der Waals surface area contributed by atoms with E-state index in [0.717, 1.165) is 16.2 Å². The van der Waals surface area contributed by atoms with E-state index in [1.165, 1.54) is 4.90 Å². The summed E-state index contributed by atoms with van der Waals surface area (Å²) in [4.78, 5) is 68.4. The number of urea groups is 2. The highest BCUT2D eigenvalue weighted by Crippen LogP contribution is 2.43. The summed E-state index contributed by atoms with van der Waals surface area (Å²) in [6, 6.07) is -1.70. The lowest BCUT2D eigenvalue weighted by Gasteiger charge is -2.47. The van der Waals surface area contributed by atoms with Crippen molar-refractivity contribution in [2.45, 2.75) is 76.8 Å². The number of carbonyl (C=O) groups is 5. The van der Waals surface area contributed by atoms with Gasteiger partial charge in [-0.25, -0.2) is 18.0 Å². The molecule has 4 aliphatic rings. The van der Waals surface area contributed by atoms with Crippen LogP contribution in [0.2, 0.25) is 0 Å². The van der Waals surface area contributed by atoms with Gasteiger partial charge in [-0.05, 0) is 50.4 Å². The van der Waals surface area contributed by atoms with Gasteiger partial charge in [0.2, 0.25) is 0 Å². The third-order valence-corrected chi connectivity index (χ3v) is 10.1. The number of imide groups is 3. The SMILES string of the molecule is CCCCN1C(=O)C(=C(N)N)C(=O)N(C2CCC(C)(CN3C(=O)NC(=O)C34CCS(=O)(=O)CC4)CC2)C1=O. The minimum absolute atomic E-state index is 0.0552. The number of unbranched alkanes of at least 4 members (excludes halogenated alkanes) is 1. The largest absolute Gasteiger partial charge is 0.385 e. The first-order chi connectivity index (χ1) is 17.8. The summed E-state index contributed by atoms with van der Waals surface area (Å²) in [5, 5.41) is 2.36. The molecule has 4 fully saturated rings. The molecule has 0 aromatic heterocycles. The lowest BCUT2D eigenvalue weighted by atomic mass is 9.72. The van der Waals surface area contributed by atoms with Gasteiger partial charge >= 0.3 is 12.1 Å². The zero-order valence-corrected chi connectivity index (χ0v) is 22.6. The molecule has 0 bridgehead atoms. The maximum Gasteiger partial charge on any atom is 0.334 e. The highest BCUT2D eigenvalue weighted by atomic mass is 32.2. The van der Waals surface area contributed by atoms with E-state index in [4.69, 9.17) is 11.5 Å². The van der Waals surface area contributed by atoms with E-state index in [1.807, 2.05) is 13.8 Å². The molecule has 1 aliphatic carbocycles. The molecule has 210 valence electrons. The summed E-state index contributed by atoms with van der Waals surface area (Å²) in [5.41, 5.74) is 9.31. The summed E-state index contributed by atoms with van der Waals surface area (Å²) in [7, 11) is -3.25. The van der Waals surface area contributed by atoms with Gasteiger partial charge in [0.15, 0.2) is 9.84 Å². The molecule has 0 radical (unpaired) electrons. The van der Waals surface area contributed by atoms with Gasteiger partial charge in [0, 0.05) is 19.1 Å². The lowest BCUT2D eigenvalue weighted by molar-refractivity contribution is -0.138. The second-order valence-electron chi connectivity index (χ2n) is 11.2. The maximum atomic E-state index is 13.3. The smallest absolute Gasteiger partial charge is 0.334 e. The van der Waals surface area contributed by atoms with E-state index in [9.17, 15) is 32.4 Å². The molecule has 14 heteroatoms. The zero-order chi connectivity index (χ0) is 28.0. The number of barbiturate groups is 1. The number of carbonyl (C=O) groups excluding carboxylic acids is 5. The fraction of sp³-hybridized carbons (Fsp3) is 0.708. The first-order valence-electron chi connectivity index (χ1n) is 13.0. The van der Waals surface area contributed by atoms with Crippen LogP contribution in [0.25, 0.3) is 0 Å². The molecule has 3 heterocycles. The molecule has 0 unspecified atom stereocenters. The number of sulfone groups is 1. The van der Waals surface area contributed by atoms with E-state index in [0.29, 0.717) is 32.1 Å². The molecule has 38 heavy (non-hydrogen) atoms. The molecule has 4 rings (SSSR count). The summed E-state index contributed by atoms with van der Waals surface area (Å²) in [5.74, 6) is -2.78. The van der Waals surface area contributed by atoms with Crippen LogP contribution < -0.4 is 16.8 Å². The Hall–Kier alpha value is -3.16. The molecular formula is C24H36N6O7S. The first-order valence-corrected chi connectivity index (χ1v) is 14.9. The second kappa shape index (κ2) is 9.86. The lowest BCUT2D eigenvalue weighted by Crippen LogP contribution is -2.61. The predicted molar refractivity (Wildman–Crippen MR) is 135 cm³/mol. The molecule has 13 nitrogen and oxygen atoms in total. The molecule has 1 spiro atoms. The third kappa shape index (κ3) is 4.74. The van der Waals surface area contributed by atoms with Gasteiger partial charge in [-0.2, -0.15) is 0 Å². The molecule has 3 saturated heterocycles. The summed E-state index contributed by atoms with van der Waals surface area (Å²) < 4.78 is 24.0. The number of hydrogen-bond acceptors (Lipinski definition) is 9. The Morgan fingerprint density at radius 1 is 1.00 bits per heavy atom. The highest BCUT2D eigenvalue weighted by molar-refractivity contribution is 7.91. The number of nitrogens with two attached hydrogens (primary N) is 2. The average Bonchev–Trinajstić information content (AvgIpc) is 3.05. The van der Waals surface area contributed by atoms with Crippen molar-refractivity contribution in [3.05, 3.63) is 11.4 Å².